The molecule has 0 bridgehead atoms. The summed E-state index contributed by atoms with van der Waals surface area (Å²) < 4.78 is 72.1. The second-order valence-corrected chi connectivity index (χ2v) is 11.3. The highest BCUT2D eigenvalue weighted by Gasteiger charge is 2.31. The van der Waals surface area contributed by atoms with E-state index in [0.29, 0.717) is 55.4 Å². The number of alkyl halides is 3. The molecule has 4 N–H and O–H groups in total. The Balaban J connectivity index is 0.000000192. The van der Waals surface area contributed by atoms with Crippen LogP contribution >= 0.6 is 0 Å². The number of aromatic nitrogens is 2. The highest BCUT2D eigenvalue weighted by molar-refractivity contribution is 6.06. The van der Waals surface area contributed by atoms with Gasteiger partial charge >= 0.3 is 6.36 Å². The van der Waals surface area contributed by atoms with E-state index in [4.69, 9.17) is 16.7 Å². The smallest absolute Gasteiger partial charge is 0.406 e. The lowest BCUT2D eigenvalue weighted by Crippen LogP contribution is -2.17. The largest absolute Gasteiger partial charge is 0.573 e. The first-order valence-corrected chi connectivity index (χ1v) is 14.6. The zero-order chi connectivity index (χ0) is 35.9. The van der Waals surface area contributed by atoms with Crippen LogP contribution in [0.2, 0.25) is 0 Å². The first kappa shape index (κ1) is 34.2. The average molecular weight is 674 g/mol. The van der Waals surface area contributed by atoms with Crippen LogP contribution in [0.25, 0.3) is 44.1 Å². The predicted molar refractivity (Wildman–Crippen MR) is 175 cm³/mol. The summed E-state index contributed by atoms with van der Waals surface area (Å²) >= 11 is 0. The van der Waals surface area contributed by atoms with Crippen LogP contribution in [0.1, 0.15) is 37.7 Å². The van der Waals surface area contributed by atoms with Gasteiger partial charge in [-0.05, 0) is 84.6 Å². The average Bonchev–Trinajstić information content (AvgIpc) is 3.43. The third-order valence-corrected chi connectivity index (χ3v) is 8.20. The van der Waals surface area contributed by atoms with Gasteiger partial charge in [0.2, 0.25) is 0 Å². The summed E-state index contributed by atoms with van der Waals surface area (Å²) in [4.78, 5) is 23.4. The number of halogens is 5. The molecule has 2 amide bonds. The molecule has 0 atom stereocenters. The first-order chi connectivity index (χ1) is 23.0. The van der Waals surface area contributed by atoms with Gasteiger partial charge in [-0.25, -0.2) is 8.78 Å². The molecule has 0 aliphatic rings. The Morgan fingerprint density at radius 3 is 1.45 bits per heavy atom. The van der Waals surface area contributed by atoms with Crippen LogP contribution in [-0.4, -0.2) is 27.3 Å². The van der Waals surface area contributed by atoms with Crippen molar-refractivity contribution in [2.24, 2.45) is 25.6 Å². The number of primary amides is 2. The molecule has 250 valence electrons. The number of fused-ring (bicyclic) bond motifs is 2. The summed E-state index contributed by atoms with van der Waals surface area (Å²) in [5, 5.41) is 10.1. The van der Waals surface area contributed by atoms with Gasteiger partial charge in [0, 0.05) is 36.0 Å². The van der Waals surface area contributed by atoms with Gasteiger partial charge < -0.3 is 25.3 Å². The molecule has 0 radical (unpaired) electrons. The van der Waals surface area contributed by atoms with Gasteiger partial charge in [-0.2, -0.15) is 5.26 Å². The minimum absolute atomic E-state index is 0.240. The van der Waals surface area contributed by atoms with Gasteiger partial charge in [-0.15, -0.1) is 13.2 Å². The van der Waals surface area contributed by atoms with E-state index < -0.39 is 24.0 Å². The van der Waals surface area contributed by atoms with Crippen LogP contribution < -0.4 is 16.2 Å². The number of amides is 2. The van der Waals surface area contributed by atoms with Crippen LogP contribution in [0.5, 0.6) is 5.75 Å². The molecule has 2 heterocycles. The van der Waals surface area contributed by atoms with Gasteiger partial charge in [0.1, 0.15) is 28.8 Å². The maximum atomic E-state index is 14.1. The second kappa shape index (κ2) is 12.8. The van der Waals surface area contributed by atoms with Crippen molar-refractivity contribution >= 4 is 33.6 Å². The van der Waals surface area contributed by atoms with Gasteiger partial charge in [0.25, 0.3) is 11.8 Å². The van der Waals surface area contributed by atoms with E-state index in [1.54, 1.807) is 61.3 Å². The zero-order valence-corrected chi connectivity index (χ0v) is 26.5. The van der Waals surface area contributed by atoms with Crippen molar-refractivity contribution in [2.75, 3.05) is 0 Å². The lowest BCUT2D eigenvalue weighted by molar-refractivity contribution is -0.274. The van der Waals surface area contributed by atoms with Crippen molar-refractivity contribution in [1.29, 1.82) is 5.26 Å². The third kappa shape index (κ3) is 6.53. The maximum Gasteiger partial charge on any atom is 0.573 e. The van der Waals surface area contributed by atoms with E-state index in [9.17, 15) is 31.5 Å². The molecule has 0 saturated carbocycles. The fraction of sp³-hybridized carbons (Fsp3) is 0.139. The molecule has 0 aliphatic heterocycles. The summed E-state index contributed by atoms with van der Waals surface area (Å²) in [5.41, 5.74) is 16.8. The zero-order valence-electron chi connectivity index (χ0n) is 26.5. The molecule has 8 nitrogen and oxygen atoms in total. The number of carbonyl (C=O) groups excluding carboxylic acids is 2. The fourth-order valence-electron chi connectivity index (χ4n) is 6.18. The van der Waals surface area contributed by atoms with Gasteiger partial charge in [-0.3, -0.25) is 9.59 Å². The second-order valence-electron chi connectivity index (χ2n) is 11.3. The van der Waals surface area contributed by atoms with Crippen molar-refractivity contribution in [2.45, 2.75) is 20.2 Å². The van der Waals surface area contributed by atoms with E-state index in [1.165, 1.54) is 36.4 Å². The normalized spacial score (nSPS) is 11.3. The van der Waals surface area contributed by atoms with E-state index in [0.717, 1.165) is 23.2 Å². The Labute approximate surface area is 276 Å². The molecule has 49 heavy (non-hydrogen) atoms. The predicted octanol–water partition coefficient (Wildman–Crippen LogP) is 7.55. The van der Waals surface area contributed by atoms with Crippen molar-refractivity contribution < 1.29 is 36.3 Å². The molecule has 0 saturated heterocycles. The van der Waals surface area contributed by atoms with Crippen LogP contribution in [-0.2, 0) is 14.1 Å². The molecule has 0 aliphatic carbocycles. The van der Waals surface area contributed by atoms with Crippen molar-refractivity contribution in [1.82, 2.24) is 9.13 Å². The summed E-state index contributed by atoms with van der Waals surface area (Å²) in [6.45, 7) is 3.41. The van der Waals surface area contributed by atoms with Crippen molar-refractivity contribution in [3.63, 3.8) is 0 Å². The highest BCUT2D eigenvalue weighted by Crippen LogP contribution is 2.36. The number of rotatable bonds is 5. The molecule has 0 spiro atoms. The number of nitrogens with two attached hydrogens (primary N) is 2. The summed E-state index contributed by atoms with van der Waals surface area (Å²) in [7, 11) is 3.36. The molecule has 4 aromatic carbocycles. The number of aryl methyl sites for hydroxylation is 4. The number of ether oxygens (including phenoxy) is 1. The van der Waals surface area contributed by atoms with E-state index in [2.05, 4.69) is 10.8 Å². The van der Waals surface area contributed by atoms with Crippen LogP contribution in [0.3, 0.4) is 0 Å². The molecule has 13 heteroatoms. The summed E-state index contributed by atoms with van der Waals surface area (Å²) in [5.74, 6) is -2.50. The van der Waals surface area contributed by atoms with Crippen molar-refractivity contribution in [3.05, 3.63) is 113 Å². The Bertz CT molecular complexity index is 2310. The first-order valence-electron chi connectivity index (χ1n) is 14.6. The SMILES string of the molecule is Cc1c(C(N)=O)n(C)c2c(-c3ccc(C#N)cc3)cc(F)cc12.Cc1c(C(N)=O)n(C)c2c(-c3ccc(OC(F)(F)F)cc3)cc(F)cc12. The molecular formula is C36H28F5N5O3. The monoisotopic (exact) mass is 673 g/mol. The molecule has 6 aromatic rings. The van der Waals surface area contributed by atoms with Crippen molar-refractivity contribution in [3.8, 4) is 34.1 Å². The summed E-state index contributed by atoms with van der Waals surface area (Å²) in [6.07, 6.45) is -4.79. The topological polar surface area (TPSA) is 129 Å². The molecule has 0 unspecified atom stereocenters. The summed E-state index contributed by atoms with van der Waals surface area (Å²) in [6, 6.07) is 19.4. The van der Waals surface area contributed by atoms with E-state index >= 15 is 0 Å². The Kier molecular flexibility index (Phi) is 8.93. The Morgan fingerprint density at radius 2 is 1.10 bits per heavy atom. The van der Waals surface area contributed by atoms with Gasteiger partial charge in [0.15, 0.2) is 0 Å². The lowest BCUT2D eigenvalue weighted by Gasteiger charge is -2.11. The number of hydrogen-bond acceptors (Lipinski definition) is 4. The molecule has 2 aromatic heterocycles. The highest BCUT2D eigenvalue weighted by atomic mass is 19.4. The molecule has 0 fully saturated rings. The maximum absolute atomic E-state index is 14.1. The number of hydrogen-bond donors (Lipinski definition) is 2. The van der Waals surface area contributed by atoms with Crippen LogP contribution in [0, 0.1) is 36.8 Å². The van der Waals surface area contributed by atoms with E-state index in [1.807, 2.05) is 0 Å². The van der Waals surface area contributed by atoms with Gasteiger partial charge in [-0.1, -0.05) is 24.3 Å². The molecule has 6 rings (SSSR count). The standard InChI is InChI=1S/C18H14F4N2O2.C18H14FN3O/c1-9-13-7-11(19)8-14(16(13)24(2)15(9)17(23)25)10-3-5-12(6-4-10)26-18(20,21)22;1-10-14-7-13(19)8-15(12-5-3-11(9-20)4-6-12)17(14)22(2)16(10)18(21)23/h3-8H,1-2H3,(H2,23,25);3-8H,1-2H3,(H2,21,23). The Morgan fingerprint density at radius 1 is 0.714 bits per heavy atom. The Hall–Kier alpha value is -6.16. The minimum Gasteiger partial charge on any atom is -0.406 e. The lowest BCUT2D eigenvalue weighted by atomic mass is 10.0. The minimum atomic E-state index is -4.79. The van der Waals surface area contributed by atoms with Crippen LogP contribution in [0.15, 0.2) is 72.8 Å². The molecular weight excluding hydrogens is 645 g/mol. The third-order valence-electron chi connectivity index (χ3n) is 8.20. The number of benzene rings is 4. The van der Waals surface area contributed by atoms with E-state index in [-0.39, 0.29) is 17.3 Å². The number of nitrogens with zero attached hydrogens (tertiary/aromatic N) is 3. The number of carbonyl (C=O) groups is 2. The number of nitriles is 1. The van der Waals surface area contributed by atoms with Crippen LogP contribution in [0.4, 0.5) is 22.0 Å². The quantitative estimate of drug-likeness (QED) is 0.183. The fourth-order valence-corrected chi connectivity index (χ4v) is 6.18. The van der Waals surface area contributed by atoms with Gasteiger partial charge in [0.05, 0.1) is 22.7 Å².